The summed E-state index contributed by atoms with van der Waals surface area (Å²) in [6.07, 6.45) is 2.34. The molecular formula is C13H21ClN2. The van der Waals surface area contributed by atoms with Crippen LogP contribution >= 0.6 is 11.6 Å². The van der Waals surface area contributed by atoms with Crippen LogP contribution in [0, 0.1) is 5.92 Å². The molecule has 3 N–H and O–H groups in total. The van der Waals surface area contributed by atoms with E-state index >= 15 is 0 Å². The quantitative estimate of drug-likeness (QED) is 0.759. The fourth-order valence-corrected chi connectivity index (χ4v) is 2.20. The first-order chi connectivity index (χ1) is 7.60. The third kappa shape index (κ3) is 3.05. The van der Waals surface area contributed by atoms with E-state index in [1.807, 2.05) is 18.2 Å². The maximum atomic E-state index is 5.98. The molecule has 1 aromatic rings. The first-order valence-electron chi connectivity index (χ1n) is 5.90. The van der Waals surface area contributed by atoms with E-state index in [2.05, 4.69) is 26.1 Å². The van der Waals surface area contributed by atoms with Crippen molar-refractivity contribution in [2.75, 3.05) is 11.1 Å². The Balaban J connectivity index is 2.76. The van der Waals surface area contributed by atoms with Crippen molar-refractivity contribution >= 4 is 23.0 Å². The van der Waals surface area contributed by atoms with E-state index in [4.69, 9.17) is 17.3 Å². The highest BCUT2D eigenvalue weighted by molar-refractivity contribution is 6.33. The highest BCUT2D eigenvalue weighted by Crippen LogP contribution is 2.28. The summed E-state index contributed by atoms with van der Waals surface area (Å²) in [7, 11) is 0. The Bertz CT molecular complexity index is 335. The van der Waals surface area contributed by atoms with E-state index in [0.29, 0.717) is 22.7 Å². The largest absolute Gasteiger partial charge is 0.396 e. The van der Waals surface area contributed by atoms with Crippen LogP contribution in [0.2, 0.25) is 5.02 Å². The minimum atomic E-state index is 0.413. The Kier molecular flexibility index (Phi) is 4.94. The zero-order chi connectivity index (χ0) is 12.1. The molecule has 0 aliphatic heterocycles. The van der Waals surface area contributed by atoms with Crippen molar-refractivity contribution in [3.8, 4) is 0 Å². The smallest absolute Gasteiger partial charge is 0.0739 e. The van der Waals surface area contributed by atoms with Gasteiger partial charge in [0.05, 0.1) is 16.4 Å². The van der Waals surface area contributed by atoms with Crippen molar-refractivity contribution in [2.45, 2.75) is 39.7 Å². The van der Waals surface area contributed by atoms with E-state index < -0.39 is 0 Å². The van der Waals surface area contributed by atoms with Crippen LogP contribution in [0.5, 0.6) is 0 Å². The van der Waals surface area contributed by atoms with E-state index in [0.717, 1.165) is 5.69 Å². The molecule has 0 heterocycles. The SMILES string of the molecule is CCC(CC)C(C)Nc1cccc(Cl)c1N. The van der Waals surface area contributed by atoms with Crippen molar-refractivity contribution < 1.29 is 0 Å². The number of anilines is 2. The molecule has 1 aromatic carbocycles. The number of hydrogen-bond donors (Lipinski definition) is 2. The monoisotopic (exact) mass is 240 g/mol. The Hall–Kier alpha value is -0.890. The van der Waals surface area contributed by atoms with Gasteiger partial charge in [-0.1, -0.05) is 44.4 Å². The average molecular weight is 241 g/mol. The average Bonchev–Trinajstić information content (AvgIpc) is 2.26. The predicted molar refractivity (Wildman–Crippen MR) is 73.0 cm³/mol. The van der Waals surface area contributed by atoms with Gasteiger partial charge >= 0.3 is 0 Å². The van der Waals surface area contributed by atoms with Crippen molar-refractivity contribution in [3.63, 3.8) is 0 Å². The molecule has 16 heavy (non-hydrogen) atoms. The van der Waals surface area contributed by atoms with Gasteiger partial charge in [0.15, 0.2) is 0 Å². The van der Waals surface area contributed by atoms with Gasteiger partial charge in [-0.2, -0.15) is 0 Å². The third-order valence-electron chi connectivity index (χ3n) is 3.19. The Labute approximate surface area is 103 Å². The van der Waals surface area contributed by atoms with Crippen LogP contribution in [0.3, 0.4) is 0 Å². The highest BCUT2D eigenvalue weighted by atomic mass is 35.5. The second-order valence-corrected chi connectivity index (χ2v) is 4.62. The number of nitrogens with two attached hydrogens (primary N) is 1. The molecule has 2 nitrogen and oxygen atoms in total. The molecule has 0 spiro atoms. The molecule has 0 amide bonds. The van der Waals surface area contributed by atoms with E-state index in [-0.39, 0.29) is 0 Å². The van der Waals surface area contributed by atoms with Gasteiger partial charge < -0.3 is 11.1 Å². The van der Waals surface area contributed by atoms with Crippen LogP contribution in [-0.4, -0.2) is 6.04 Å². The second kappa shape index (κ2) is 6.00. The Morgan fingerprint density at radius 3 is 2.50 bits per heavy atom. The van der Waals surface area contributed by atoms with Gasteiger partial charge in [0.25, 0.3) is 0 Å². The first-order valence-corrected chi connectivity index (χ1v) is 6.28. The maximum absolute atomic E-state index is 5.98. The number of halogens is 1. The van der Waals surface area contributed by atoms with Crippen LogP contribution in [-0.2, 0) is 0 Å². The van der Waals surface area contributed by atoms with E-state index in [1.54, 1.807) is 0 Å². The standard InChI is InChI=1S/C13H21ClN2/c1-4-10(5-2)9(3)16-12-8-6-7-11(14)13(12)15/h6-10,16H,4-5,15H2,1-3H3. The topological polar surface area (TPSA) is 38.0 Å². The fraction of sp³-hybridized carbons (Fsp3) is 0.538. The summed E-state index contributed by atoms with van der Waals surface area (Å²) >= 11 is 5.98. The van der Waals surface area contributed by atoms with Crippen LogP contribution in [0.15, 0.2) is 18.2 Å². The Morgan fingerprint density at radius 2 is 1.94 bits per heavy atom. The summed E-state index contributed by atoms with van der Waals surface area (Å²) in [6.45, 7) is 6.62. The van der Waals surface area contributed by atoms with Crippen molar-refractivity contribution in [2.24, 2.45) is 5.92 Å². The maximum Gasteiger partial charge on any atom is 0.0739 e. The minimum absolute atomic E-state index is 0.413. The lowest BCUT2D eigenvalue weighted by Gasteiger charge is -2.24. The van der Waals surface area contributed by atoms with Crippen molar-refractivity contribution in [3.05, 3.63) is 23.2 Å². The summed E-state index contributed by atoms with van der Waals surface area (Å²) in [6, 6.07) is 6.11. The highest BCUT2D eigenvalue weighted by Gasteiger charge is 2.14. The molecule has 1 atom stereocenters. The zero-order valence-electron chi connectivity index (χ0n) is 10.3. The summed E-state index contributed by atoms with van der Waals surface area (Å²) in [5, 5.41) is 4.06. The lowest BCUT2D eigenvalue weighted by molar-refractivity contribution is 0.438. The van der Waals surface area contributed by atoms with Gasteiger partial charge in [-0.05, 0) is 25.0 Å². The molecule has 3 heteroatoms. The number of benzene rings is 1. The first kappa shape index (κ1) is 13.2. The molecule has 0 radical (unpaired) electrons. The van der Waals surface area contributed by atoms with Crippen molar-refractivity contribution in [1.29, 1.82) is 0 Å². The summed E-state index contributed by atoms with van der Waals surface area (Å²) < 4.78 is 0. The molecule has 0 saturated heterocycles. The summed E-state index contributed by atoms with van der Waals surface area (Å²) in [5.41, 5.74) is 7.50. The number of rotatable bonds is 5. The zero-order valence-corrected chi connectivity index (χ0v) is 11.0. The molecule has 0 aromatic heterocycles. The lowest BCUT2D eigenvalue weighted by Crippen LogP contribution is -2.25. The van der Waals surface area contributed by atoms with Crippen LogP contribution in [0.25, 0.3) is 0 Å². The number of nitrogens with one attached hydrogen (secondary N) is 1. The van der Waals surface area contributed by atoms with Crippen LogP contribution in [0.1, 0.15) is 33.6 Å². The Morgan fingerprint density at radius 1 is 1.31 bits per heavy atom. The van der Waals surface area contributed by atoms with Crippen LogP contribution < -0.4 is 11.1 Å². The molecule has 90 valence electrons. The number of para-hydroxylation sites is 1. The van der Waals surface area contributed by atoms with Gasteiger partial charge in [-0.15, -0.1) is 0 Å². The molecule has 1 rings (SSSR count). The molecule has 0 aliphatic rings. The van der Waals surface area contributed by atoms with Gasteiger partial charge in [-0.3, -0.25) is 0 Å². The van der Waals surface area contributed by atoms with Gasteiger partial charge in [0.2, 0.25) is 0 Å². The number of hydrogen-bond acceptors (Lipinski definition) is 2. The lowest BCUT2D eigenvalue weighted by atomic mass is 9.95. The molecule has 0 saturated carbocycles. The van der Waals surface area contributed by atoms with Gasteiger partial charge in [0.1, 0.15) is 0 Å². The second-order valence-electron chi connectivity index (χ2n) is 4.21. The van der Waals surface area contributed by atoms with E-state index in [9.17, 15) is 0 Å². The summed E-state index contributed by atoms with van der Waals surface area (Å²) in [5.74, 6) is 0.665. The van der Waals surface area contributed by atoms with E-state index in [1.165, 1.54) is 12.8 Å². The predicted octanol–water partition coefficient (Wildman–Crippen LogP) is 4.16. The van der Waals surface area contributed by atoms with Gasteiger partial charge in [0, 0.05) is 6.04 Å². The third-order valence-corrected chi connectivity index (χ3v) is 3.52. The van der Waals surface area contributed by atoms with Crippen molar-refractivity contribution in [1.82, 2.24) is 0 Å². The molecule has 1 unspecified atom stereocenters. The molecule has 0 aliphatic carbocycles. The molecule has 0 bridgehead atoms. The van der Waals surface area contributed by atoms with Gasteiger partial charge in [-0.25, -0.2) is 0 Å². The minimum Gasteiger partial charge on any atom is -0.396 e. The fourth-order valence-electron chi connectivity index (χ4n) is 2.02. The normalized spacial score (nSPS) is 12.8. The molecule has 0 fully saturated rings. The molecular weight excluding hydrogens is 220 g/mol. The number of nitrogen functional groups attached to an aromatic ring is 1. The van der Waals surface area contributed by atoms with Crippen LogP contribution in [0.4, 0.5) is 11.4 Å². The summed E-state index contributed by atoms with van der Waals surface area (Å²) in [4.78, 5) is 0.